The van der Waals surface area contributed by atoms with Crippen LogP contribution in [0.15, 0.2) is 0 Å². The lowest BCUT2D eigenvalue weighted by molar-refractivity contribution is -0.526. The molecule has 1 saturated carbocycles. The highest BCUT2D eigenvalue weighted by atomic mass is 16.6. The van der Waals surface area contributed by atoms with Gasteiger partial charge in [0.15, 0.2) is 0 Å². The molecule has 1 rings (SSSR count). The molecule has 0 spiro atoms. The normalized spacial score (nSPS) is 32.8. The van der Waals surface area contributed by atoms with Crippen molar-refractivity contribution in [3.05, 3.63) is 10.1 Å². The van der Waals surface area contributed by atoms with Gasteiger partial charge in [-0.05, 0) is 12.8 Å². The Balaban J connectivity index is 2.52. The van der Waals surface area contributed by atoms with Crippen molar-refractivity contribution >= 4 is 0 Å². The molecule has 0 aromatic heterocycles. The highest BCUT2D eigenvalue weighted by molar-refractivity contribution is 4.75. The second-order valence-electron chi connectivity index (χ2n) is 3.15. The molecule has 0 amide bonds. The molecule has 2 atom stereocenters. The zero-order valence-corrected chi connectivity index (χ0v) is 6.53. The quantitative estimate of drug-likeness (QED) is 0.350. The van der Waals surface area contributed by atoms with Crippen molar-refractivity contribution < 1.29 is 4.92 Å². The molecule has 11 heavy (non-hydrogen) atoms. The minimum absolute atomic E-state index is 0.215. The molecule has 0 radical (unpaired) electrons. The minimum Gasteiger partial charge on any atom is -0.322 e. The van der Waals surface area contributed by atoms with Crippen molar-refractivity contribution in [3.8, 4) is 0 Å². The van der Waals surface area contributed by atoms with Crippen LogP contribution in [0.3, 0.4) is 0 Å². The van der Waals surface area contributed by atoms with Gasteiger partial charge in [-0.1, -0.05) is 12.8 Å². The largest absolute Gasteiger partial charge is 0.322 e. The summed E-state index contributed by atoms with van der Waals surface area (Å²) in [6.07, 6.45) is 4.57. The van der Waals surface area contributed by atoms with Crippen LogP contribution in [0.4, 0.5) is 0 Å². The highest BCUT2D eigenvalue weighted by Gasteiger charge is 2.29. The van der Waals surface area contributed by atoms with E-state index in [4.69, 9.17) is 5.73 Å². The van der Waals surface area contributed by atoms with Crippen LogP contribution in [0.25, 0.3) is 0 Å². The molecule has 4 heteroatoms. The number of hydrogen-bond donors (Lipinski definition) is 1. The first-order valence-corrected chi connectivity index (χ1v) is 4.11. The van der Waals surface area contributed by atoms with Gasteiger partial charge in [-0.3, -0.25) is 10.1 Å². The second-order valence-corrected chi connectivity index (χ2v) is 3.15. The van der Waals surface area contributed by atoms with E-state index in [0.29, 0.717) is 6.42 Å². The van der Waals surface area contributed by atoms with E-state index < -0.39 is 6.04 Å². The molecule has 0 aliphatic heterocycles. The lowest BCUT2D eigenvalue weighted by Crippen LogP contribution is -2.39. The maximum absolute atomic E-state index is 10.4. The fourth-order valence-corrected chi connectivity index (χ4v) is 1.58. The molecule has 0 saturated heterocycles. The molecule has 1 aliphatic rings. The maximum Gasteiger partial charge on any atom is 0.227 e. The first kappa shape index (κ1) is 8.46. The number of rotatable bonds is 1. The Kier molecular flexibility index (Phi) is 2.82. The summed E-state index contributed by atoms with van der Waals surface area (Å²) in [5.74, 6) is 0. The van der Waals surface area contributed by atoms with Crippen molar-refractivity contribution in [3.63, 3.8) is 0 Å². The third-order valence-corrected chi connectivity index (χ3v) is 2.30. The number of hydrogen-bond acceptors (Lipinski definition) is 3. The fourth-order valence-electron chi connectivity index (χ4n) is 1.58. The summed E-state index contributed by atoms with van der Waals surface area (Å²) in [6.45, 7) is 0. The average molecular weight is 158 g/mol. The van der Waals surface area contributed by atoms with Gasteiger partial charge in [-0.15, -0.1) is 0 Å². The number of nitrogens with zero attached hydrogens (tertiary/aromatic N) is 1. The van der Waals surface area contributed by atoms with Gasteiger partial charge in [0, 0.05) is 11.3 Å². The van der Waals surface area contributed by atoms with Crippen LogP contribution in [-0.4, -0.2) is 17.0 Å². The van der Waals surface area contributed by atoms with Crippen LogP contribution in [0.2, 0.25) is 0 Å². The smallest absolute Gasteiger partial charge is 0.227 e. The van der Waals surface area contributed by atoms with Gasteiger partial charge < -0.3 is 5.73 Å². The molecule has 2 N–H and O–H groups in total. The Morgan fingerprint density at radius 1 is 1.27 bits per heavy atom. The van der Waals surface area contributed by atoms with Gasteiger partial charge in [-0.25, -0.2) is 0 Å². The molecule has 1 aliphatic carbocycles. The minimum atomic E-state index is -0.488. The Bertz CT molecular complexity index is 149. The lowest BCUT2D eigenvalue weighted by atomic mass is 10.1. The van der Waals surface area contributed by atoms with Crippen LogP contribution in [-0.2, 0) is 0 Å². The van der Waals surface area contributed by atoms with Crippen LogP contribution in [0, 0.1) is 10.1 Å². The molecular weight excluding hydrogens is 144 g/mol. The second kappa shape index (κ2) is 3.67. The summed E-state index contributed by atoms with van der Waals surface area (Å²) >= 11 is 0. The van der Waals surface area contributed by atoms with E-state index in [9.17, 15) is 10.1 Å². The van der Waals surface area contributed by atoms with Gasteiger partial charge in [0.1, 0.15) is 0 Å². The average Bonchev–Trinajstić information content (AvgIpc) is 2.13. The van der Waals surface area contributed by atoms with Crippen molar-refractivity contribution in [2.24, 2.45) is 5.73 Å². The molecule has 4 nitrogen and oxygen atoms in total. The zero-order chi connectivity index (χ0) is 8.27. The van der Waals surface area contributed by atoms with E-state index in [-0.39, 0.29) is 11.0 Å². The summed E-state index contributed by atoms with van der Waals surface area (Å²) in [5.41, 5.74) is 5.64. The van der Waals surface area contributed by atoms with Crippen LogP contribution >= 0.6 is 0 Å². The molecule has 0 aromatic rings. The van der Waals surface area contributed by atoms with Crippen LogP contribution in [0.1, 0.15) is 32.1 Å². The first-order chi connectivity index (χ1) is 5.22. The molecule has 0 bridgehead atoms. The third kappa shape index (κ3) is 2.15. The van der Waals surface area contributed by atoms with Crippen LogP contribution in [0.5, 0.6) is 0 Å². The summed E-state index contributed by atoms with van der Waals surface area (Å²) in [7, 11) is 0. The summed E-state index contributed by atoms with van der Waals surface area (Å²) in [6, 6.07) is -0.704. The Hall–Kier alpha value is -0.640. The van der Waals surface area contributed by atoms with Gasteiger partial charge in [0.2, 0.25) is 6.04 Å². The van der Waals surface area contributed by atoms with Crippen molar-refractivity contribution in [2.75, 3.05) is 0 Å². The van der Waals surface area contributed by atoms with Crippen LogP contribution < -0.4 is 5.73 Å². The predicted molar refractivity (Wildman–Crippen MR) is 41.8 cm³/mol. The Morgan fingerprint density at radius 2 is 1.91 bits per heavy atom. The van der Waals surface area contributed by atoms with E-state index in [1.54, 1.807) is 0 Å². The van der Waals surface area contributed by atoms with E-state index in [2.05, 4.69) is 0 Å². The molecule has 2 unspecified atom stereocenters. The van der Waals surface area contributed by atoms with Gasteiger partial charge in [0.05, 0.1) is 6.04 Å². The standard InChI is InChI=1S/C7H14N2O2/c8-6-4-2-1-3-5-7(6)9(10)11/h6-7H,1-5,8H2. The SMILES string of the molecule is NC1CCCCCC1[N+](=O)[O-]. The predicted octanol–water partition coefficient (Wildman–Crippen LogP) is 0.923. The molecule has 64 valence electrons. The Morgan fingerprint density at radius 3 is 2.55 bits per heavy atom. The highest BCUT2D eigenvalue weighted by Crippen LogP contribution is 2.18. The molecule has 0 aromatic carbocycles. The van der Waals surface area contributed by atoms with E-state index >= 15 is 0 Å². The van der Waals surface area contributed by atoms with Crippen molar-refractivity contribution in [1.29, 1.82) is 0 Å². The molecule has 0 heterocycles. The van der Waals surface area contributed by atoms with Gasteiger partial charge >= 0.3 is 0 Å². The summed E-state index contributed by atoms with van der Waals surface area (Å²) < 4.78 is 0. The van der Waals surface area contributed by atoms with E-state index in [1.807, 2.05) is 0 Å². The maximum atomic E-state index is 10.4. The van der Waals surface area contributed by atoms with Crippen molar-refractivity contribution in [1.82, 2.24) is 0 Å². The van der Waals surface area contributed by atoms with E-state index in [0.717, 1.165) is 25.7 Å². The fraction of sp³-hybridized carbons (Fsp3) is 1.00. The first-order valence-electron chi connectivity index (χ1n) is 4.11. The topological polar surface area (TPSA) is 69.2 Å². The number of nitrogens with two attached hydrogens (primary N) is 1. The summed E-state index contributed by atoms with van der Waals surface area (Å²) in [5, 5.41) is 10.4. The van der Waals surface area contributed by atoms with Crippen molar-refractivity contribution in [2.45, 2.75) is 44.2 Å². The number of nitro groups is 1. The van der Waals surface area contributed by atoms with E-state index in [1.165, 1.54) is 0 Å². The zero-order valence-electron chi connectivity index (χ0n) is 6.53. The summed E-state index contributed by atoms with van der Waals surface area (Å²) in [4.78, 5) is 10.2. The monoisotopic (exact) mass is 158 g/mol. The van der Waals surface area contributed by atoms with Gasteiger partial charge in [0.25, 0.3) is 0 Å². The third-order valence-electron chi connectivity index (χ3n) is 2.30. The molecule has 1 fully saturated rings. The molecular formula is C7H14N2O2. The van der Waals surface area contributed by atoms with Gasteiger partial charge in [-0.2, -0.15) is 0 Å². The lowest BCUT2D eigenvalue weighted by Gasteiger charge is -2.12. The Labute approximate surface area is 65.9 Å².